The number of hydrogen-bond donors (Lipinski definition) is 1. The molecule has 0 aliphatic carbocycles. The molecule has 5 nitrogen and oxygen atoms in total. The van der Waals surface area contributed by atoms with E-state index in [0.717, 1.165) is 24.9 Å². The van der Waals surface area contributed by atoms with Gasteiger partial charge in [0.25, 0.3) is 11.8 Å². The summed E-state index contributed by atoms with van der Waals surface area (Å²) in [5.41, 5.74) is 2.06. The lowest BCUT2D eigenvalue weighted by atomic mass is 9.89. The Balaban J connectivity index is 1.74. The lowest BCUT2D eigenvalue weighted by molar-refractivity contribution is 0.0879. The zero-order valence-corrected chi connectivity index (χ0v) is 13.4. The highest BCUT2D eigenvalue weighted by Crippen LogP contribution is 2.27. The van der Waals surface area contributed by atoms with Crippen molar-refractivity contribution in [1.29, 1.82) is 5.26 Å². The van der Waals surface area contributed by atoms with Gasteiger partial charge in [-0.15, -0.1) is 0 Å². The first-order chi connectivity index (χ1) is 11.1. The maximum atomic E-state index is 12.0. The van der Waals surface area contributed by atoms with Crippen molar-refractivity contribution >= 4 is 11.8 Å². The van der Waals surface area contributed by atoms with Gasteiger partial charge >= 0.3 is 0 Å². The van der Waals surface area contributed by atoms with Gasteiger partial charge in [-0.05, 0) is 69.3 Å². The number of nitriles is 1. The Morgan fingerprint density at radius 1 is 1.35 bits per heavy atom. The third-order valence-corrected chi connectivity index (χ3v) is 4.89. The lowest BCUT2D eigenvalue weighted by Gasteiger charge is -2.29. The summed E-state index contributed by atoms with van der Waals surface area (Å²) >= 11 is 0. The third kappa shape index (κ3) is 3.13. The molecule has 1 unspecified atom stereocenters. The summed E-state index contributed by atoms with van der Waals surface area (Å²) < 4.78 is 0. The molecule has 0 saturated carbocycles. The van der Waals surface area contributed by atoms with Crippen LogP contribution in [0.3, 0.4) is 0 Å². The molecule has 1 aromatic rings. The largest absolute Gasteiger partial charge is 0.306 e. The molecule has 2 heterocycles. The van der Waals surface area contributed by atoms with Crippen molar-refractivity contribution in [2.45, 2.75) is 32.1 Å². The minimum absolute atomic E-state index is 0.357. The Bertz CT molecular complexity index is 690. The summed E-state index contributed by atoms with van der Waals surface area (Å²) in [6, 6.07) is 5.39. The number of piperidine rings is 1. The number of imide groups is 1. The Morgan fingerprint density at radius 3 is 2.91 bits per heavy atom. The first kappa shape index (κ1) is 15.7. The number of hydrogen-bond acceptors (Lipinski definition) is 4. The van der Waals surface area contributed by atoms with Crippen molar-refractivity contribution in [2.24, 2.45) is 5.92 Å². The highest BCUT2D eigenvalue weighted by molar-refractivity contribution is 6.22. The van der Waals surface area contributed by atoms with Gasteiger partial charge in [0.2, 0.25) is 0 Å². The average Bonchev–Trinajstić information content (AvgIpc) is 2.82. The molecule has 0 bridgehead atoms. The smallest absolute Gasteiger partial charge is 0.259 e. The van der Waals surface area contributed by atoms with Crippen LogP contribution in [0.15, 0.2) is 12.1 Å². The van der Waals surface area contributed by atoms with Crippen molar-refractivity contribution in [3.8, 4) is 6.07 Å². The SMILES string of the molecule is CN1CCCC(CCCc2c(C#N)ccc3c2C(=O)NC3=O)C1. The molecule has 1 saturated heterocycles. The molecule has 120 valence electrons. The van der Waals surface area contributed by atoms with E-state index in [-0.39, 0.29) is 11.8 Å². The second kappa shape index (κ2) is 6.51. The first-order valence-corrected chi connectivity index (χ1v) is 8.20. The second-order valence-electron chi connectivity index (χ2n) is 6.57. The molecule has 2 amide bonds. The maximum Gasteiger partial charge on any atom is 0.259 e. The summed E-state index contributed by atoms with van der Waals surface area (Å²) in [6.45, 7) is 2.29. The van der Waals surface area contributed by atoms with Gasteiger partial charge in [0.05, 0.1) is 22.8 Å². The van der Waals surface area contributed by atoms with Gasteiger partial charge in [0, 0.05) is 6.54 Å². The number of fused-ring (bicyclic) bond motifs is 1. The summed E-state index contributed by atoms with van der Waals surface area (Å²) in [7, 11) is 2.15. The van der Waals surface area contributed by atoms with Crippen LogP contribution in [0.25, 0.3) is 0 Å². The molecule has 1 atom stereocenters. The minimum Gasteiger partial charge on any atom is -0.306 e. The minimum atomic E-state index is -0.366. The number of carbonyl (C=O) groups is 2. The number of carbonyl (C=O) groups excluding carboxylic acids is 2. The van der Waals surface area contributed by atoms with Gasteiger partial charge in [-0.3, -0.25) is 14.9 Å². The molecule has 3 rings (SSSR count). The van der Waals surface area contributed by atoms with E-state index in [9.17, 15) is 14.9 Å². The summed E-state index contributed by atoms with van der Waals surface area (Å²) in [5.74, 6) is -0.0364. The summed E-state index contributed by atoms with van der Waals surface area (Å²) in [6.07, 6.45) is 5.19. The van der Waals surface area contributed by atoms with Crippen LogP contribution in [0, 0.1) is 17.2 Å². The van der Waals surface area contributed by atoms with Crippen LogP contribution in [0.4, 0.5) is 0 Å². The normalized spacial score (nSPS) is 21.0. The van der Waals surface area contributed by atoms with Gasteiger partial charge in [-0.2, -0.15) is 5.26 Å². The zero-order valence-electron chi connectivity index (χ0n) is 13.4. The van der Waals surface area contributed by atoms with Gasteiger partial charge in [-0.1, -0.05) is 0 Å². The number of rotatable bonds is 4. The van der Waals surface area contributed by atoms with E-state index in [1.165, 1.54) is 19.4 Å². The maximum absolute atomic E-state index is 12.0. The van der Waals surface area contributed by atoms with E-state index >= 15 is 0 Å². The molecule has 2 aliphatic heterocycles. The van der Waals surface area contributed by atoms with E-state index in [0.29, 0.717) is 29.0 Å². The standard InChI is InChI=1S/C18H21N3O2/c1-21-9-3-5-12(11-21)4-2-6-14-13(10-19)7-8-15-16(14)18(23)20-17(15)22/h7-8,12H,2-6,9,11H2,1H3,(H,20,22,23). The van der Waals surface area contributed by atoms with Gasteiger partial charge < -0.3 is 4.90 Å². The number of amides is 2. The quantitative estimate of drug-likeness (QED) is 0.864. The molecular weight excluding hydrogens is 290 g/mol. The van der Waals surface area contributed by atoms with Gasteiger partial charge in [0.1, 0.15) is 0 Å². The van der Waals surface area contributed by atoms with Crippen LogP contribution >= 0.6 is 0 Å². The van der Waals surface area contributed by atoms with Crippen molar-refractivity contribution in [3.63, 3.8) is 0 Å². The van der Waals surface area contributed by atoms with E-state index in [1.807, 2.05) is 0 Å². The fourth-order valence-corrected chi connectivity index (χ4v) is 3.77. The molecule has 0 aromatic heterocycles. The monoisotopic (exact) mass is 311 g/mol. The van der Waals surface area contributed by atoms with Crippen LogP contribution in [0.1, 0.15) is 57.5 Å². The predicted molar refractivity (Wildman–Crippen MR) is 86.1 cm³/mol. The fourth-order valence-electron chi connectivity index (χ4n) is 3.77. The molecule has 1 N–H and O–H groups in total. The molecule has 1 fully saturated rings. The Hall–Kier alpha value is -2.19. The van der Waals surface area contributed by atoms with Crippen LogP contribution in [-0.4, -0.2) is 36.9 Å². The van der Waals surface area contributed by atoms with E-state index in [1.54, 1.807) is 12.1 Å². The molecular formula is C18H21N3O2. The average molecular weight is 311 g/mol. The third-order valence-electron chi connectivity index (χ3n) is 4.89. The molecule has 0 radical (unpaired) electrons. The molecule has 23 heavy (non-hydrogen) atoms. The number of nitrogens with zero attached hydrogens (tertiary/aromatic N) is 2. The number of nitrogens with one attached hydrogen (secondary N) is 1. The highest BCUT2D eigenvalue weighted by Gasteiger charge is 2.30. The summed E-state index contributed by atoms with van der Waals surface area (Å²) in [5, 5.41) is 11.6. The zero-order chi connectivity index (χ0) is 16.4. The van der Waals surface area contributed by atoms with Gasteiger partial charge in [0.15, 0.2) is 0 Å². The van der Waals surface area contributed by atoms with Crippen molar-refractivity contribution in [1.82, 2.24) is 10.2 Å². The fraction of sp³-hybridized carbons (Fsp3) is 0.500. The van der Waals surface area contributed by atoms with Crippen LogP contribution in [-0.2, 0) is 6.42 Å². The Kier molecular flexibility index (Phi) is 4.44. The van der Waals surface area contributed by atoms with Crippen molar-refractivity contribution in [2.75, 3.05) is 20.1 Å². The van der Waals surface area contributed by atoms with E-state index < -0.39 is 0 Å². The topological polar surface area (TPSA) is 73.2 Å². The van der Waals surface area contributed by atoms with E-state index in [4.69, 9.17) is 0 Å². The van der Waals surface area contributed by atoms with Crippen LogP contribution in [0.2, 0.25) is 0 Å². The predicted octanol–water partition coefficient (Wildman–Crippen LogP) is 2.11. The molecule has 0 spiro atoms. The van der Waals surface area contributed by atoms with Crippen molar-refractivity contribution < 1.29 is 9.59 Å². The Labute approximate surface area is 136 Å². The number of likely N-dealkylation sites (tertiary alicyclic amines) is 1. The van der Waals surface area contributed by atoms with Gasteiger partial charge in [-0.25, -0.2) is 0 Å². The first-order valence-electron chi connectivity index (χ1n) is 8.20. The lowest BCUT2D eigenvalue weighted by Crippen LogP contribution is -2.32. The van der Waals surface area contributed by atoms with Crippen LogP contribution < -0.4 is 5.32 Å². The van der Waals surface area contributed by atoms with E-state index in [2.05, 4.69) is 23.3 Å². The molecule has 5 heteroatoms. The Morgan fingerprint density at radius 2 is 2.17 bits per heavy atom. The van der Waals surface area contributed by atoms with Crippen molar-refractivity contribution in [3.05, 3.63) is 34.4 Å². The molecule has 1 aromatic carbocycles. The summed E-state index contributed by atoms with van der Waals surface area (Å²) in [4.78, 5) is 26.2. The van der Waals surface area contributed by atoms with Crippen LogP contribution in [0.5, 0.6) is 0 Å². The highest BCUT2D eigenvalue weighted by atomic mass is 16.2. The molecule has 2 aliphatic rings. The second-order valence-corrected chi connectivity index (χ2v) is 6.57. The number of benzene rings is 1.